The standard InChI is InChI=1S/C13H17FO2/c1-8-3-4-10(7-11(8)14)12(15)13-9(2)5-6-16-13/h3-4,7,9,12-13,15H,5-6H2,1-2H3. The average Bonchev–Trinajstić information content (AvgIpc) is 2.67. The second-order valence-corrected chi connectivity index (χ2v) is 4.55. The van der Waals surface area contributed by atoms with Crippen molar-refractivity contribution in [3.8, 4) is 0 Å². The van der Waals surface area contributed by atoms with Crippen molar-refractivity contribution in [1.82, 2.24) is 0 Å². The van der Waals surface area contributed by atoms with Crippen molar-refractivity contribution in [2.45, 2.75) is 32.5 Å². The Kier molecular flexibility index (Phi) is 3.26. The summed E-state index contributed by atoms with van der Waals surface area (Å²) in [7, 11) is 0. The van der Waals surface area contributed by atoms with Crippen LogP contribution < -0.4 is 0 Å². The monoisotopic (exact) mass is 224 g/mol. The molecule has 0 aromatic heterocycles. The summed E-state index contributed by atoms with van der Waals surface area (Å²) < 4.78 is 18.9. The number of hydrogen-bond acceptors (Lipinski definition) is 2. The van der Waals surface area contributed by atoms with Gasteiger partial charge in [0.15, 0.2) is 0 Å². The van der Waals surface area contributed by atoms with E-state index in [0.29, 0.717) is 23.7 Å². The molecule has 88 valence electrons. The third kappa shape index (κ3) is 2.11. The normalized spacial score (nSPS) is 27.0. The Hall–Kier alpha value is -0.930. The highest BCUT2D eigenvalue weighted by atomic mass is 19.1. The fourth-order valence-corrected chi connectivity index (χ4v) is 2.10. The summed E-state index contributed by atoms with van der Waals surface area (Å²) in [6.45, 7) is 4.43. The summed E-state index contributed by atoms with van der Waals surface area (Å²) in [6.07, 6.45) is 0.0190. The molecule has 1 saturated heterocycles. The Balaban J connectivity index is 2.20. The number of benzene rings is 1. The van der Waals surface area contributed by atoms with Gasteiger partial charge in [-0.3, -0.25) is 0 Å². The molecule has 2 nitrogen and oxygen atoms in total. The lowest BCUT2D eigenvalue weighted by Gasteiger charge is -2.21. The summed E-state index contributed by atoms with van der Waals surface area (Å²) in [5.74, 6) is 0.0431. The molecule has 0 amide bonds. The molecular formula is C13H17FO2. The van der Waals surface area contributed by atoms with Gasteiger partial charge >= 0.3 is 0 Å². The molecule has 3 atom stereocenters. The van der Waals surface area contributed by atoms with E-state index in [9.17, 15) is 9.50 Å². The van der Waals surface area contributed by atoms with Crippen LogP contribution in [0.25, 0.3) is 0 Å². The molecule has 0 spiro atoms. The lowest BCUT2D eigenvalue weighted by atomic mass is 9.94. The summed E-state index contributed by atoms with van der Waals surface area (Å²) in [6, 6.07) is 4.85. The van der Waals surface area contributed by atoms with Gasteiger partial charge in [0.05, 0.1) is 6.10 Å². The number of aliphatic hydroxyl groups excluding tert-OH is 1. The summed E-state index contributed by atoms with van der Waals surface area (Å²) in [5, 5.41) is 10.1. The van der Waals surface area contributed by atoms with Crippen LogP contribution in [0.4, 0.5) is 4.39 Å². The van der Waals surface area contributed by atoms with E-state index in [1.54, 1.807) is 19.1 Å². The van der Waals surface area contributed by atoms with E-state index in [2.05, 4.69) is 0 Å². The zero-order valence-electron chi connectivity index (χ0n) is 9.61. The highest BCUT2D eigenvalue weighted by Crippen LogP contribution is 2.31. The van der Waals surface area contributed by atoms with E-state index in [1.165, 1.54) is 6.07 Å². The highest BCUT2D eigenvalue weighted by Gasteiger charge is 2.31. The zero-order valence-corrected chi connectivity index (χ0v) is 9.61. The fourth-order valence-electron chi connectivity index (χ4n) is 2.10. The molecule has 1 aliphatic rings. The van der Waals surface area contributed by atoms with Crippen LogP contribution >= 0.6 is 0 Å². The predicted octanol–water partition coefficient (Wildman–Crippen LogP) is 2.59. The Morgan fingerprint density at radius 2 is 2.25 bits per heavy atom. The predicted molar refractivity (Wildman–Crippen MR) is 59.6 cm³/mol. The molecule has 1 fully saturated rings. The second-order valence-electron chi connectivity index (χ2n) is 4.55. The van der Waals surface area contributed by atoms with Crippen LogP contribution in [0.1, 0.15) is 30.6 Å². The lowest BCUT2D eigenvalue weighted by molar-refractivity contribution is -0.0179. The van der Waals surface area contributed by atoms with Crippen LogP contribution in [0.15, 0.2) is 18.2 Å². The van der Waals surface area contributed by atoms with Crippen LogP contribution in [0.3, 0.4) is 0 Å². The molecule has 1 heterocycles. The maximum atomic E-state index is 13.4. The van der Waals surface area contributed by atoms with Gasteiger partial charge in [-0.1, -0.05) is 19.1 Å². The molecule has 1 aliphatic heterocycles. The number of ether oxygens (including phenoxy) is 1. The molecule has 0 aliphatic carbocycles. The van der Waals surface area contributed by atoms with E-state index in [4.69, 9.17) is 4.74 Å². The Bertz CT molecular complexity index is 378. The van der Waals surface area contributed by atoms with Crippen molar-refractivity contribution in [2.75, 3.05) is 6.61 Å². The zero-order chi connectivity index (χ0) is 11.7. The molecule has 2 rings (SSSR count). The fraction of sp³-hybridized carbons (Fsp3) is 0.538. The van der Waals surface area contributed by atoms with Crippen LogP contribution in [0, 0.1) is 18.7 Å². The minimum absolute atomic E-state index is 0.206. The molecule has 0 bridgehead atoms. The molecule has 1 aromatic carbocycles. The van der Waals surface area contributed by atoms with Gasteiger partial charge in [-0.15, -0.1) is 0 Å². The summed E-state index contributed by atoms with van der Waals surface area (Å²) >= 11 is 0. The van der Waals surface area contributed by atoms with Crippen LogP contribution in [-0.2, 0) is 4.74 Å². The number of halogens is 1. The molecule has 1 aromatic rings. The maximum Gasteiger partial charge on any atom is 0.126 e. The quantitative estimate of drug-likeness (QED) is 0.836. The van der Waals surface area contributed by atoms with Crippen molar-refractivity contribution in [2.24, 2.45) is 5.92 Å². The molecule has 3 unspecified atom stereocenters. The Morgan fingerprint density at radius 1 is 1.50 bits per heavy atom. The third-order valence-corrected chi connectivity index (χ3v) is 3.29. The SMILES string of the molecule is Cc1ccc(C(O)C2OCCC2C)cc1F. The number of aryl methyl sites for hydroxylation is 1. The van der Waals surface area contributed by atoms with Gasteiger partial charge in [0, 0.05) is 6.61 Å². The first kappa shape index (κ1) is 11.6. The Labute approximate surface area is 95.1 Å². The van der Waals surface area contributed by atoms with Gasteiger partial charge in [0.25, 0.3) is 0 Å². The first-order valence-electron chi connectivity index (χ1n) is 5.65. The van der Waals surface area contributed by atoms with Gasteiger partial charge in [-0.05, 0) is 36.5 Å². The van der Waals surface area contributed by atoms with E-state index < -0.39 is 6.10 Å². The van der Waals surface area contributed by atoms with Crippen molar-refractivity contribution >= 4 is 0 Å². The van der Waals surface area contributed by atoms with Crippen molar-refractivity contribution in [1.29, 1.82) is 0 Å². The first-order valence-corrected chi connectivity index (χ1v) is 5.65. The van der Waals surface area contributed by atoms with Gasteiger partial charge in [-0.2, -0.15) is 0 Å². The van der Waals surface area contributed by atoms with E-state index in [-0.39, 0.29) is 11.9 Å². The number of aliphatic hydroxyl groups is 1. The smallest absolute Gasteiger partial charge is 0.126 e. The minimum atomic E-state index is -0.729. The van der Waals surface area contributed by atoms with Crippen LogP contribution in [0.2, 0.25) is 0 Å². The molecule has 16 heavy (non-hydrogen) atoms. The van der Waals surface area contributed by atoms with Crippen molar-refractivity contribution < 1.29 is 14.2 Å². The van der Waals surface area contributed by atoms with E-state index in [1.807, 2.05) is 6.92 Å². The molecule has 0 radical (unpaired) electrons. The largest absolute Gasteiger partial charge is 0.386 e. The number of hydrogen-bond donors (Lipinski definition) is 1. The van der Waals surface area contributed by atoms with Crippen LogP contribution in [0.5, 0.6) is 0 Å². The van der Waals surface area contributed by atoms with Gasteiger partial charge in [-0.25, -0.2) is 4.39 Å². The van der Waals surface area contributed by atoms with Crippen molar-refractivity contribution in [3.05, 3.63) is 35.1 Å². The lowest BCUT2D eigenvalue weighted by Crippen LogP contribution is -2.23. The van der Waals surface area contributed by atoms with E-state index in [0.717, 1.165) is 6.42 Å². The van der Waals surface area contributed by atoms with Crippen LogP contribution in [-0.4, -0.2) is 17.8 Å². The second kappa shape index (κ2) is 4.52. The molecular weight excluding hydrogens is 207 g/mol. The van der Waals surface area contributed by atoms with Gasteiger partial charge in [0.2, 0.25) is 0 Å². The van der Waals surface area contributed by atoms with Crippen molar-refractivity contribution in [3.63, 3.8) is 0 Å². The molecule has 0 saturated carbocycles. The first-order chi connectivity index (χ1) is 7.59. The average molecular weight is 224 g/mol. The highest BCUT2D eigenvalue weighted by molar-refractivity contribution is 5.25. The number of rotatable bonds is 2. The van der Waals surface area contributed by atoms with Gasteiger partial charge in [0.1, 0.15) is 11.9 Å². The summed E-state index contributed by atoms with van der Waals surface area (Å²) in [5.41, 5.74) is 1.19. The molecule has 1 N–H and O–H groups in total. The molecule has 3 heteroatoms. The van der Waals surface area contributed by atoms with Gasteiger partial charge < -0.3 is 9.84 Å². The maximum absolute atomic E-state index is 13.4. The topological polar surface area (TPSA) is 29.5 Å². The third-order valence-electron chi connectivity index (χ3n) is 3.29. The minimum Gasteiger partial charge on any atom is -0.386 e. The van der Waals surface area contributed by atoms with E-state index >= 15 is 0 Å². The Morgan fingerprint density at radius 3 is 2.81 bits per heavy atom. The summed E-state index contributed by atoms with van der Waals surface area (Å²) in [4.78, 5) is 0.